The number of anilines is 1. The maximum atomic E-state index is 12.6. The van der Waals surface area contributed by atoms with Gasteiger partial charge in [0.05, 0.1) is 32.1 Å². The van der Waals surface area contributed by atoms with Gasteiger partial charge in [0.25, 0.3) is 5.91 Å². The Bertz CT molecular complexity index is 809. The molecule has 7 nitrogen and oxygen atoms in total. The van der Waals surface area contributed by atoms with E-state index < -0.39 is 0 Å². The lowest BCUT2D eigenvalue weighted by Crippen LogP contribution is -2.44. The molecule has 0 radical (unpaired) electrons. The number of rotatable bonds is 6. The van der Waals surface area contributed by atoms with Crippen LogP contribution in [0.4, 0.5) is 5.13 Å². The van der Waals surface area contributed by atoms with Gasteiger partial charge in [0.2, 0.25) is 0 Å². The summed E-state index contributed by atoms with van der Waals surface area (Å²) in [4.78, 5) is 19.5. The summed E-state index contributed by atoms with van der Waals surface area (Å²) in [5.74, 6) is 0.790. The molecule has 0 bridgehead atoms. The van der Waals surface area contributed by atoms with E-state index in [4.69, 9.17) is 14.2 Å². The van der Waals surface area contributed by atoms with E-state index in [1.54, 1.807) is 26.4 Å². The highest BCUT2D eigenvalue weighted by Crippen LogP contribution is 2.35. The van der Waals surface area contributed by atoms with Crippen molar-refractivity contribution in [3.63, 3.8) is 0 Å². The van der Waals surface area contributed by atoms with Crippen molar-refractivity contribution >= 4 is 38.3 Å². The van der Waals surface area contributed by atoms with Crippen LogP contribution >= 0.6 is 27.3 Å². The zero-order valence-electron chi connectivity index (χ0n) is 16.3. The molecule has 1 aliphatic heterocycles. The summed E-state index contributed by atoms with van der Waals surface area (Å²) in [5, 5.41) is 5.39. The summed E-state index contributed by atoms with van der Waals surface area (Å²) in [6.45, 7) is 6.65. The molecule has 1 fully saturated rings. The SMILES string of the molecule is COc1cc(C(=O)Nc2nc(CN3C[C@H](C)O[C@@H](C)C3)cs2)cc(OC)c1Br. The third-order valence-electron chi connectivity index (χ3n) is 4.36. The fourth-order valence-corrected chi connectivity index (χ4v) is 4.50. The van der Waals surface area contributed by atoms with E-state index >= 15 is 0 Å². The monoisotopic (exact) mass is 469 g/mol. The minimum atomic E-state index is -0.265. The molecule has 1 saturated heterocycles. The number of nitrogens with zero attached hydrogens (tertiary/aromatic N) is 2. The molecule has 9 heteroatoms. The predicted octanol–water partition coefficient (Wildman–Crippen LogP) is 3.78. The Kier molecular flexibility index (Phi) is 6.92. The minimum absolute atomic E-state index is 0.212. The maximum Gasteiger partial charge on any atom is 0.257 e. The fraction of sp³-hybridized carbons (Fsp3) is 0.474. The van der Waals surface area contributed by atoms with Crippen LogP contribution in [0.15, 0.2) is 22.0 Å². The van der Waals surface area contributed by atoms with Gasteiger partial charge < -0.3 is 14.2 Å². The topological polar surface area (TPSA) is 72.9 Å². The Morgan fingerprint density at radius 1 is 1.29 bits per heavy atom. The Labute approximate surface area is 177 Å². The average molecular weight is 470 g/mol. The molecule has 0 spiro atoms. The number of morpholine rings is 1. The molecule has 152 valence electrons. The number of thiazole rings is 1. The van der Waals surface area contributed by atoms with Crippen LogP contribution in [0.25, 0.3) is 0 Å². The van der Waals surface area contributed by atoms with Crippen LogP contribution in [0.5, 0.6) is 11.5 Å². The van der Waals surface area contributed by atoms with Crippen molar-refractivity contribution in [3.05, 3.63) is 33.2 Å². The van der Waals surface area contributed by atoms with Gasteiger partial charge in [0, 0.05) is 30.6 Å². The second-order valence-corrected chi connectivity index (χ2v) is 8.40. The maximum absolute atomic E-state index is 12.6. The molecule has 1 amide bonds. The summed E-state index contributed by atoms with van der Waals surface area (Å²) in [6.07, 6.45) is 0.424. The quantitative estimate of drug-likeness (QED) is 0.693. The van der Waals surface area contributed by atoms with Crippen molar-refractivity contribution in [3.8, 4) is 11.5 Å². The van der Waals surface area contributed by atoms with Crippen LogP contribution in [0.2, 0.25) is 0 Å². The number of halogens is 1. The third-order valence-corrected chi connectivity index (χ3v) is 5.95. The van der Waals surface area contributed by atoms with Crippen LogP contribution in [0.1, 0.15) is 29.9 Å². The standard InChI is InChI=1S/C19H24BrN3O4S/c1-11-7-23(8-12(2)27-11)9-14-10-28-19(21-14)22-18(24)13-5-15(25-3)17(20)16(6-13)26-4/h5-6,10-12H,7-9H2,1-4H3,(H,21,22,24)/t11-,12-/m0/s1. The molecule has 1 aromatic carbocycles. The van der Waals surface area contributed by atoms with E-state index in [1.807, 2.05) is 5.38 Å². The number of carbonyl (C=O) groups is 1. The number of methoxy groups -OCH3 is 2. The molecule has 1 aromatic heterocycles. The third kappa shape index (κ3) is 5.02. The molecule has 2 aromatic rings. The van der Waals surface area contributed by atoms with Crippen molar-refractivity contribution in [2.75, 3.05) is 32.6 Å². The molecule has 0 saturated carbocycles. The summed E-state index contributed by atoms with van der Waals surface area (Å²) in [5.41, 5.74) is 1.37. The second-order valence-electron chi connectivity index (χ2n) is 6.74. The molecule has 28 heavy (non-hydrogen) atoms. The zero-order chi connectivity index (χ0) is 20.3. The van der Waals surface area contributed by atoms with Crippen molar-refractivity contribution in [2.45, 2.75) is 32.6 Å². The van der Waals surface area contributed by atoms with Gasteiger partial charge in [-0.25, -0.2) is 4.98 Å². The van der Waals surface area contributed by atoms with Gasteiger partial charge >= 0.3 is 0 Å². The number of hydrogen-bond acceptors (Lipinski definition) is 7. The van der Waals surface area contributed by atoms with E-state index in [9.17, 15) is 4.79 Å². The molecule has 2 heterocycles. The predicted molar refractivity (Wildman–Crippen MR) is 113 cm³/mol. The van der Waals surface area contributed by atoms with Crippen molar-refractivity contribution < 1.29 is 19.0 Å². The van der Waals surface area contributed by atoms with Gasteiger partial charge in [-0.15, -0.1) is 11.3 Å². The van der Waals surface area contributed by atoms with Crippen molar-refractivity contribution in [1.29, 1.82) is 0 Å². The Morgan fingerprint density at radius 3 is 2.46 bits per heavy atom. The van der Waals surface area contributed by atoms with E-state index in [-0.39, 0.29) is 18.1 Å². The average Bonchev–Trinajstić information content (AvgIpc) is 3.07. The van der Waals surface area contributed by atoms with Gasteiger partial charge in [-0.3, -0.25) is 15.0 Å². The number of carbonyl (C=O) groups excluding carboxylic acids is 1. The number of nitrogens with one attached hydrogen (secondary N) is 1. The van der Waals surface area contributed by atoms with Crippen LogP contribution in [0.3, 0.4) is 0 Å². The summed E-state index contributed by atoms with van der Waals surface area (Å²) in [6, 6.07) is 3.32. The van der Waals surface area contributed by atoms with E-state index in [1.165, 1.54) is 11.3 Å². The first-order valence-corrected chi connectivity index (χ1v) is 10.6. The smallest absolute Gasteiger partial charge is 0.257 e. The summed E-state index contributed by atoms with van der Waals surface area (Å²) in [7, 11) is 3.09. The Morgan fingerprint density at radius 2 is 1.89 bits per heavy atom. The molecule has 0 aliphatic carbocycles. The molecule has 1 aliphatic rings. The van der Waals surface area contributed by atoms with E-state index in [0.717, 1.165) is 25.3 Å². The normalized spacial score (nSPS) is 20.0. The van der Waals surface area contributed by atoms with E-state index in [0.29, 0.717) is 26.7 Å². The number of benzene rings is 1. The van der Waals surface area contributed by atoms with Gasteiger partial charge in [-0.1, -0.05) is 0 Å². The zero-order valence-corrected chi connectivity index (χ0v) is 18.7. The first kappa shape index (κ1) is 21.0. The number of aromatic nitrogens is 1. The Balaban J connectivity index is 1.67. The number of hydrogen-bond donors (Lipinski definition) is 1. The molecular formula is C19H24BrN3O4S. The van der Waals surface area contributed by atoms with Crippen molar-refractivity contribution in [2.24, 2.45) is 0 Å². The van der Waals surface area contributed by atoms with Crippen LogP contribution < -0.4 is 14.8 Å². The van der Waals surface area contributed by atoms with Crippen LogP contribution in [-0.2, 0) is 11.3 Å². The highest BCUT2D eigenvalue weighted by molar-refractivity contribution is 9.10. The molecule has 0 unspecified atom stereocenters. The summed E-state index contributed by atoms with van der Waals surface area (Å²) >= 11 is 4.82. The summed E-state index contributed by atoms with van der Waals surface area (Å²) < 4.78 is 17.0. The second kappa shape index (κ2) is 9.21. The minimum Gasteiger partial charge on any atom is -0.495 e. The van der Waals surface area contributed by atoms with Crippen LogP contribution in [-0.4, -0.2) is 55.3 Å². The molecule has 3 rings (SSSR count). The first-order chi connectivity index (χ1) is 13.4. The molecular weight excluding hydrogens is 446 g/mol. The van der Waals surface area contributed by atoms with Crippen molar-refractivity contribution in [1.82, 2.24) is 9.88 Å². The highest BCUT2D eigenvalue weighted by atomic mass is 79.9. The lowest BCUT2D eigenvalue weighted by atomic mass is 10.2. The number of amides is 1. The van der Waals surface area contributed by atoms with Crippen LogP contribution in [0, 0.1) is 0 Å². The van der Waals surface area contributed by atoms with Gasteiger partial charge in [0.15, 0.2) is 5.13 Å². The molecule has 1 N–H and O–H groups in total. The van der Waals surface area contributed by atoms with Gasteiger partial charge in [-0.05, 0) is 41.9 Å². The fourth-order valence-electron chi connectivity index (χ4n) is 3.25. The largest absolute Gasteiger partial charge is 0.495 e. The number of ether oxygens (including phenoxy) is 3. The highest BCUT2D eigenvalue weighted by Gasteiger charge is 2.23. The van der Waals surface area contributed by atoms with Gasteiger partial charge in [0.1, 0.15) is 16.0 Å². The lowest BCUT2D eigenvalue weighted by molar-refractivity contribution is -0.0707. The first-order valence-electron chi connectivity index (χ1n) is 8.94. The molecule has 2 atom stereocenters. The van der Waals surface area contributed by atoms with Gasteiger partial charge in [-0.2, -0.15) is 0 Å². The lowest BCUT2D eigenvalue weighted by Gasteiger charge is -2.34. The van der Waals surface area contributed by atoms with E-state index in [2.05, 4.69) is 45.0 Å². The Hall–Kier alpha value is -1.68.